The molecule has 3 heteroatoms. The highest BCUT2D eigenvalue weighted by Gasteiger charge is 2.31. The van der Waals surface area contributed by atoms with Gasteiger partial charge in [0.25, 0.3) is 0 Å². The molecule has 0 saturated carbocycles. The van der Waals surface area contributed by atoms with E-state index in [0.29, 0.717) is 12.2 Å². The Morgan fingerprint density at radius 1 is 1.14 bits per heavy atom. The zero-order valence-corrected chi connectivity index (χ0v) is 11.7. The van der Waals surface area contributed by atoms with E-state index in [1.165, 1.54) is 5.56 Å². The molecule has 1 aromatic heterocycles. The van der Waals surface area contributed by atoms with Gasteiger partial charge in [0.2, 0.25) is 0 Å². The van der Waals surface area contributed by atoms with Crippen molar-refractivity contribution in [1.82, 2.24) is 0 Å². The normalized spacial score (nSPS) is 18.5. The van der Waals surface area contributed by atoms with Crippen molar-refractivity contribution in [3.05, 3.63) is 65.4 Å². The van der Waals surface area contributed by atoms with Crippen LogP contribution in [0.25, 0.3) is 11.0 Å². The van der Waals surface area contributed by atoms with Crippen molar-refractivity contribution in [1.29, 1.82) is 0 Å². The molecule has 0 spiro atoms. The molecule has 106 valence electrons. The number of para-hydroxylation sites is 1. The summed E-state index contributed by atoms with van der Waals surface area (Å²) in [5.41, 5.74) is 3.10. The van der Waals surface area contributed by atoms with Crippen molar-refractivity contribution < 1.29 is 14.3 Å². The number of fused-ring (bicyclic) bond motifs is 2. The monoisotopic (exact) mass is 280 g/mol. The molecule has 4 rings (SSSR count). The molecule has 0 fully saturated rings. The van der Waals surface area contributed by atoms with Gasteiger partial charge in [-0.1, -0.05) is 29.8 Å². The van der Waals surface area contributed by atoms with Crippen molar-refractivity contribution in [2.24, 2.45) is 0 Å². The van der Waals surface area contributed by atoms with E-state index in [9.17, 15) is 5.11 Å². The molecule has 2 atom stereocenters. The second kappa shape index (κ2) is 4.64. The average Bonchev–Trinajstić information content (AvgIpc) is 3.09. The number of aliphatic hydroxyl groups excluding tert-OH is 1. The van der Waals surface area contributed by atoms with Crippen LogP contribution in [0.3, 0.4) is 0 Å². The fourth-order valence-corrected chi connectivity index (χ4v) is 2.90. The second-order valence-corrected chi connectivity index (χ2v) is 5.60. The van der Waals surface area contributed by atoms with E-state index in [1.807, 2.05) is 49.4 Å². The molecule has 0 aliphatic carbocycles. The number of hydrogen-bond donors (Lipinski definition) is 1. The summed E-state index contributed by atoms with van der Waals surface area (Å²) in [6.07, 6.45) is -0.345. The third kappa shape index (κ3) is 2.10. The molecule has 3 nitrogen and oxygen atoms in total. The summed E-state index contributed by atoms with van der Waals surface area (Å²) >= 11 is 0. The largest absolute Gasteiger partial charge is 0.487 e. The van der Waals surface area contributed by atoms with Crippen LogP contribution in [0.15, 0.2) is 52.9 Å². The van der Waals surface area contributed by atoms with Crippen LogP contribution in [-0.2, 0) is 6.42 Å². The standard InChI is InChI=1S/C18H16O3/c1-11-6-7-15-13(8-11)10-17(21-15)18(19)16-9-12-4-2-3-5-14(12)20-16/h2-8,10,16,18-19H,9H2,1H3. The Labute approximate surface area is 122 Å². The summed E-state index contributed by atoms with van der Waals surface area (Å²) < 4.78 is 11.6. The number of ether oxygens (including phenoxy) is 1. The first-order valence-electron chi connectivity index (χ1n) is 7.13. The van der Waals surface area contributed by atoms with Crippen molar-refractivity contribution in [3.63, 3.8) is 0 Å². The molecule has 0 radical (unpaired) electrons. The van der Waals surface area contributed by atoms with Crippen LogP contribution in [0.5, 0.6) is 5.75 Å². The summed E-state index contributed by atoms with van der Waals surface area (Å²) in [6, 6.07) is 15.8. The van der Waals surface area contributed by atoms with Crippen LogP contribution >= 0.6 is 0 Å². The van der Waals surface area contributed by atoms with Gasteiger partial charge in [-0.25, -0.2) is 0 Å². The lowest BCUT2D eigenvalue weighted by Gasteiger charge is -2.15. The SMILES string of the molecule is Cc1ccc2oc(C(O)C3Cc4ccccc4O3)cc2c1. The number of aliphatic hydroxyl groups is 1. The predicted molar refractivity (Wildman–Crippen MR) is 80.5 cm³/mol. The van der Waals surface area contributed by atoms with Gasteiger partial charge in [0.05, 0.1) is 0 Å². The molecule has 2 aromatic carbocycles. The summed E-state index contributed by atoms with van der Waals surface area (Å²) in [5.74, 6) is 1.42. The molecule has 1 aliphatic heterocycles. The molecule has 0 saturated heterocycles. The van der Waals surface area contributed by atoms with E-state index in [2.05, 4.69) is 6.07 Å². The Morgan fingerprint density at radius 3 is 2.86 bits per heavy atom. The van der Waals surface area contributed by atoms with Gasteiger partial charge in [-0.3, -0.25) is 0 Å². The van der Waals surface area contributed by atoms with E-state index in [4.69, 9.17) is 9.15 Å². The van der Waals surface area contributed by atoms with E-state index in [1.54, 1.807) is 0 Å². The number of furan rings is 1. The van der Waals surface area contributed by atoms with Crippen LogP contribution in [0.2, 0.25) is 0 Å². The van der Waals surface area contributed by atoms with Gasteiger partial charge in [0.15, 0.2) is 0 Å². The maximum absolute atomic E-state index is 10.5. The third-order valence-electron chi connectivity index (χ3n) is 4.01. The first kappa shape index (κ1) is 12.5. The minimum absolute atomic E-state index is 0.288. The zero-order valence-electron chi connectivity index (χ0n) is 11.7. The average molecular weight is 280 g/mol. The van der Waals surface area contributed by atoms with Crippen LogP contribution in [0.1, 0.15) is 23.0 Å². The number of hydrogen-bond acceptors (Lipinski definition) is 3. The number of aryl methyl sites for hydroxylation is 1. The maximum atomic E-state index is 10.5. The molecule has 2 unspecified atom stereocenters. The summed E-state index contributed by atoms with van der Waals surface area (Å²) in [5, 5.41) is 11.6. The summed E-state index contributed by atoms with van der Waals surface area (Å²) in [7, 11) is 0. The highest BCUT2D eigenvalue weighted by molar-refractivity contribution is 5.78. The van der Waals surface area contributed by atoms with Gasteiger partial charge >= 0.3 is 0 Å². The number of rotatable bonds is 2. The molecule has 1 N–H and O–H groups in total. The molecule has 0 amide bonds. The lowest BCUT2D eigenvalue weighted by atomic mass is 10.0. The first-order valence-corrected chi connectivity index (χ1v) is 7.13. The number of benzene rings is 2. The van der Waals surface area contributed by atoms with E-state index < -0.39 is 6.10 Å². The molecule has 1 aliphatic rings. The molecule has 3 aromatic rings. The first-order chi connectivity index (χ1) is 10.2. The van der Waals surface area contributed by atoms with Crippen LogP contribution < -0.4 is 4.74 Å². The molecule has 0 bridgehead atoms. The van der Waals surface area contributed by atoms with Crippen molar-refractivity contribution in [2.45, 2.75) is 25.6 Å². The quantitative estimate of drug-likeness (QED) is 0.777. The molecular weight excluding hydrogens is 264 g/mol. The lowest BCUT2D eigenvalue weighted by molar-refractivity contribution is 0.0351. The fourth-order valence-electron chi connectivity index (χ4n) is 2.90. The van der Waals surface area contributed by atoms with E-state index in [-0.39, 0.29) is 6.10 Å². The van der Waals surface area contributed by atoms with E-state index in [0.717, 1.165) is 22.3 Å². The smallest absolute Gasteiger partial charge is 0.149 e. The van der Waals surface area contributed by atoms with Crippen LogP contribution in [0, 0.1) is 6.92 Å². The highest BCUT2D eigenvalue weighted by atomic mass is 16.5. The van der Waals surface area contributed by atoms with Gasteiger partial charge < -0.3 is 14.3 Å². The predicted octanol–water partition coefficient (Wildman–Crippen LogP) is 3.78. The van der Waals surface area contributed by atoms with Crippen LogP contribution in [-0.4, -0.2) is 11.2 Å². The lowest BCUT2D eigenvalue weighted by Crippen LogP contribution is -2.22. The Hall–Kier alpha value is -2.26. The van der Waals surface area contributed by atoms with Crippen molar-refractivity contribution in [3.8, 4) is 5.75 Å². The van der Waals surface area contributed by atoms with Gasteiger partial charge in [-0.2, -0.15) is 0 Å². The van der Waals surface area contributed by atoms with Crippen LogP contribution in [0.4, 0.5) is 0 Å². The Morgan fingerprint density at radius 2 is 2.00 bits per heavy atom. The minimum Gasteiger partial charge on any atom is -0.487 e. The third-order valence-corrected chi connectivity index (χ3v) is 4.01. The Kier molecular flexibility index (Phi) is 2.76. The van der Waals surface area contributed by atoms with E-state index >= 15 is 0 Å². The summed E-state index contributed by atoms with van der Waals surface area (Å²) in [4.78, 5) is 0. The van der Waals surface area contributed by atoms with Gasteiger partial charge in [0.1, 0.15) is 29.3 Å². The zero-order chi connectivity index (χ0) is 14.4. The highest BCUT2D eigenvalue weighted by Crippen LogP contribution is 2.35. The topological polar surface area (TPSA) is 42.6 Å². The maximum Gasteiger partial charge on any atom is 0.149 e. The Bertz CT molecular complexity index is 778. The molecule has 2 heterocycles. The Balaban J connectivity index is 1.64. The minimum atomic E-state index is -0.759. The molecular formula is C18H16O3. The second-order valence-electron chi connectivity index (χ2n) is 5.60. The van der Waals surface area contributed by atoms with Crippen molar-refractivity contribution in [2.75, 3.05) is 0 Å². The van der Waals surface area contributed by atoms with Gasteiger partial charge in [-0.15, -0.1) is 0 Å². The van der Waals surface area contributed by atoms with Gasteiger partial charge in [-0.05, 0) is 36.8 Å². The molecule has 21 heavy (non-hydrogen) atoms. The summed E-state index contributed by atoms with van der Waals surface area (Å²) in [6.45, 7) is 2.04. The van der Waals surface area contributed by atoms with Crippen molar-refractivity contribution >= 4 is 11.0 Å². The fraction of sp³-hybridized carbons (Fsp3) is 0.222. The van der Waals surface area contributed by atoms with Gasteiger partial charge in [0, 0.05) is 11.8 Å².